The van der Waals surface area contributed by atoms with E-state index in [1.807, 2.05) is 13.8 Å². The summed E-state index contributed by atoms with van der Waals surface area (Å²) < 4.78 is 26.8. The van der Waals surface area contributed by atoms with Crippen LogP contribution in [0, 0.1) is 17.0 Å². The number of nitrogens with zero attached hydrogens (tertiary/aromatic N) is 1. The Hall–Kier alpha value is -2.82. The zero-order chi connectivity index (χ0) is 20.1. The van der Waals surface area contributed by atoms with Crippen LogP contribution in [0.3, 0.4) is 0 Å². The molecule has 3 nitrogen and oxygen atoms in total. The highest BCUT2D eigenvalue weighted by Gasteiger charge is 2.44. The van der Waals surface area contributed by atoms with Gasteiger partial charge >= 0.3 is 0 Å². The number of carbonyl (C=O) groups excluding carboxylic acids is 2. The van der Waals surface area contributed by atoms with Crippen LogP contribution >= 0.6 is 0 Å². The first-order chi connectivity index (χ1) is 13.2. The van der Waals surface area contributed by atoms with Crippen LogP contribution in [0.25, 0.3) is 0 Å². The molecule has 4 rings (SSSR count). The summed E-state index contributed by atoms with van der Waals surface area (Å²) >= 11 is 0. The van der Waals surface area contributed by atoms with Crippen LogP contribution in [-0.4, -0.2) is 11.7 Å². The summed E-state index contributed by atoms with van der Waals surface area (Å²) in [5, 5.41) is 0. The van der Waals surface area contributed by atoms with Crippen LogP contribution in [0.4, 0.5) is 14.5 Å². The molecule has 1 atom stereocenters. The van der Waals surface area contributed by atoms with Crippen molar-refractivity contribution < 1.29 is 18.4 Å². The minimum absolute atomic E-state index is 0.0141. The third-order valence-electron chi connectivity index (χ3n) is 5.50. The Bertz CT molecular complexity index is 975. The Morgan fingerprint density at radius 2 is 1.46 bits per heavy atom. The van der Waals surface area contributed by atoms with Crippen molar-refractivity contribution in [2.75, 3.05) is 4.90 Å². The lowest BCUT2D eigenvalue weighted by molar-refractivity contribution is -0.121. The van der Waals surface area contributed by atoms with Gasteiger partial charge < -0.3 is 0 Å². The second-order valence-electron chi connectivity index (χ2n) is 8.32. The van der Waals surface area contributed by atoms with Gasteiger partial charge in [-0.15, -0.1) is 0 Å². The molecule has 1 amide bonds. The number of anilines is 1. The van der Waals surface area contributed by atoms with Crippen molar-refractivity contribution >= 4 is 17.4 Å². The maximum atomic E-state index is 13.4. The predicted octanol–water partition coefficient (Wildman–Crippen LogP) is 5.13. The smallest absolute Gasteiger partial charge is 0.232 e. The molecule has 28 heavy (non-hydrogen) atoms. The van der Waals surface area contributed by atoms with Crippen LogP contribution in [0.2, 0.25) is 0 Å². The highest BCUT2D eigenvalue weighted by Crippen LogP contribution is 2.48. The van der Waals surface area contributed by atoms with E-state index in [0.29, 0.717) is 29.8 Å². The number of allylic oxidation sites excluding steroid dienone is 2. The Kier molecular flexibility index (Phi) is 4.41. The fourth-order valence-electron chi connectivity index (χ4n) is 4.28. The van der Waals surface area contributed by atoms with Crippen molar-refractivity contribution in [2.24, 2.45) is 5.41 Å². The summed E-state index contributed by atoms with van der Waals surface area (Å²) in [4.78, 5) is 27.8. The van der Waals surface area contributed by atoms with E-state index in [4.69, 9.17) is 0 Å². The first-order valence-electron chi connectivity index (χ1n) is 9.35. The second-order valence-corrected chi connectivity index (χ2v) is 8.32. The molecule has 1 aliphatic heterocycles. The third-order valence-corrected chi connectivity index (χ3v) is 5.50. The quantitative estimate of drug-likeness (QED) is 0.723. The largest absolute Gasteiger partial charge is 0.294 e. The van der Waals surface area contributed by atoms with Crippen molar-refractivity contribution in [3.8, 4) is 0 Å². The molecule has 0 saturated carbocycles. The maximum absolute atomic E-state index is 13.4. The van der Waals surface area contributed by atoms with E-state index in [0.717, 1.165) is 5.56 Å². The number of halogens is 2. The molecule has 1 unspecified atom stereocenters. The van der Waals surface area contributed by atoms with Gasteiger partial charge in [-0.05, 0) is 53.8 Å². The lowest BCUT2D eigenvalue weighted by Gasteiger charge is -2.43. The zero-order valence-corrected chi connectivity index (χ0v) is 15.8. The van der Waals surface area contributed by atoms with Crippen LogP contribution in [0.5, 0.6) is 0 Å². The molecule has 0 radical (unpaired) electrons. The van der Waals surface area contributed by atoms with Gasteiger partial charge in [0.2, 0.25) is 5.91 Å². The molecule has 0 spiro atoms. The number of benzene rings is 2. The number of amides is 1. The molecule has 2 aromatic carbocycles. The van der Waals surface area contributed by atoms with Gasteiger partial charge in [-0.2, -0.15) is 0 Å². The van der Waals surface area contributed by atoms with E-state index in [1.165, 1.54) is 24.3 Å². The SMILES string of the molecule is CC1(C)CC(=O)C2=C(C1)N(c1ccc(F)cc1)C(=O)CC2c1ccc(F)cc1. The average molecular weight is 381 g/mol. The van der Waals surface area contributed by atoms with Gasteiger partial charge in [0, 0.05) is 35.7 Å². The lowest BCUT2D eigenvalue weighted by atomic mass is 9.69. The Labute approximate surface area is 162 Å². The minimum Gasteiger partial charge on any atom is -0.294 e. The van der Waals surface area contributed by atoms with E-state index in [1.54, 1.807) is 29.2 Å². The number of rotatable bonds is 2. The van der Waals surface area contributed by atoms with E-state index >= 15 is 0 Å². The molecule has 0 bridgehead atoms. The second kappa shape index (κ2) is 6.66. The number of ketones is 1. The summed E-state index contributed by atoms with van der Waals surface area (Å²) in [7, 11) is 0. The zero-order valence-electron chi connectivity index (χ0n) is 15.8. The molecule has 5 heteroatoms. The lowest BCUT2D eigenvalue weighted by Crippen LogP contribution is -2.43. The molecular weight excluding hydrogens is 360 g/mol. The number of hydrogen-bond donors (Lipinski definition) is 0. The molecule has 2 aromatic rings. The van der Waals surface area contributed by atoms with Gasteiger partial charge in [-0.1, -0.05) is 26.0 Å². The molecule has 0 aromatic heterocycles. The first kappa shape index (κ1) is 18.5. The van der Waals surface area contributed by atoms with Crippen LogP contribution < -0.4 is 4.90 Å². The van der Waals surface area contributed by atoms with Crippen LogP contribution in [-0.2, 0) is 9.59 Å². The van der Waals surface area contributed by atoms with Gasteiger partial charge in [0.05, 0.1) is 0 Å². The Morgan fingerprint density at radius 3 is 2.07 bits per heavy atom. The predicted molar refractivity (Wildman–Crippen MR) is 103 cm³/mol. The fraction of sp³-hybridized carbons (Fsp3) is 0.304. The van der Waals surface area contributed by atoms with E-state index in [2.05, 4.69) is 0 Å². The third kappa shape index (κ3) is 3.26. The van der Waals surface area contributed by atoms with E-state index in [-0.39, 0.29) is 41.1 Å². The summed E-state index contributed by atoms with van der Waals surface area (Å²) in [6.45, 7) is 4.01. The molecular formula is C23H21F2NO2. The van der Waals surface area contributed by atoms with Crippen LogP contribution in [0.15, 0.2) is 59.8 Å². The molecule has 1 aliphatic carbocycles. The van der Waals surface area contributed by atoms with Crippen molar-refractivity contribution in [3.63, 3.8) is 0 Å². The molecule has 0 saturated heterocycles. The number of hydrogen-bond acceptors (Lipinski definition) is 2. The summed E-state index contributed by atoms with van der Waals surface area (Å²) in [6, 6.07) is 11.7. The number of carbonyl (C=O) groups is 2. The van der Waals surface area contributed by atoms with Crippen molar-refractivity contribution in [1.29, 1.82) is 0 Å². The van der Waals surface area contributed by atoms with E-state index < -0.39 is 0 Å². The van der Waals surface area contributed by atoms with Gasteiger partial charge in [-0.25, -0.2) is 8.78 Å². The first-order valence-corrected chi connectivity index (χ1v) is 9.35. The van der Waals surface area contributed by atoms with Gasteiger partial charge in [0.25, 0.3) is 0 Å². The molecule has 0 N–H and O–H groups in total. The standard InChI is InChI=1S/C23H21F2NO2/c1-23(2)12-19-22(20(27)13-23)18(14-3-5-15(24)6-4-14)11-21(28)26(19)17-9-7-16(25)8-10-17/h3-10,18H,11-13H2,1-2H3. The average Bonchev–Trinajstić information content (AvgIpc) is 2.62. The molecule has 2 aliphatic rings. The van der Waals surface area contributed by atoms with Gasteiger partial charge in [-0.3, -0.25) is 14.5 Å². The van der Waals surface area contributed by atoms with Gasteiger partial charge in [0.15, 0.2) is 5.78 Å². The summed E-state index contributed by atoms with van der Waals surface area (Å²) in [5.74, 6) is -1.26. The van der Waals surface area contributed by atoms with E-state index in [9.17, 15) is 18.4 Å². The van der Waals surface area contributed by atoms with Crippen molar-refractivity contribution in [3.05, 3.63) is 77.0 Å². The molecule has 0 fully saturated rings. The summed E-state index contributed by atoms with van der Waals surface area (Å²) in [5.41, 5.74) is 2.34. The Morgan fingerprint density at radius 1 is 0.893 bits per heavy atom. The topological polar surface area (TPSA) is 37.4 Å². The Balaban J connectivity index is 1.88. The molecule has 1 heterocycles. The molecule has 144 valence electrons. The van der Waals surface area contributed by atoms with Crippen molar-refractivity contribution in [1.82, 2.24) is 0 Å². The summed E-state index contributed by atoms with van der Waals surface area (Å²) in [6.07, 6.45) is 1.08. The maximum Gasteiger partial charge on any atom is 0.232 e. The van der Waals surface area contributed by atoms with Crippen molar-refractivity contribution in [2.45, 2.75) is 39.0 Å². The number of Topliss-reactive ketones (excluding diaryl/α,β-unsaturated/α-hetero) is 1. The fourth-order valence-corrected chi connectivity index (χ4v) is 4.28. The van der Waals surface area contributed by atoms with Gasteiger partial charge in [0.1, 0.15) is 11.6 Å². The monoisotopic (exact) mass is 381 g/mol. The normalized spacial score (nSPS) is 21.7. The highest BCUT2D eigenvalue weighted by atomic mass is 19.1. The minimum atomic E-state index is -0.386. The highest BCUT2D eigenvalue weighted by molar-refractivity contribution is 6.07. The van der Waals surface area contributed by atoms with Crippen LogP contribution in [0.1, 0.15) is 44.6 Å².